The van der Waals surface area contributed by atoms with E-state index in [9.17, 15) is 9.50 Å². The van der Waals surface area contributed by atoms with Gasteiger partial charge in [0.15, 0.2) is 5.75 Å². The topological polar surface area (TPSA) is 47.3 Å². The monoisotopic (exact) mass is 278 g/mol. The summed E-state index contributed by atoms with van der Waals surface area (Å²) in [5, 5.41) is 14.1. The lowest BCUT2D eigenvalue weighted by Gasteiger charge is -2.15. The van der Waals surface area contributed by atoms with E-state index in [1.165, 1.54) is 6.07 Å². The number of aliphatic hydroxyl groups is 1. The van der Waals surface area contributed by atoms with E-state index in [2.05, 4.69) is 5.10 Å². The molecule has 4 nitrogen and oxygen atoms in total. The quantitative estimate of drug-likeness (QED) is 0.936. The van der Waals surface area contributed by atoms with Crippen LogP contribution in [0, 0.1) is 26.6 Å². The maximum atomic E-state index is 13.6. The number of aromatic nitrogens is 2. The first-order valence-corrected chi connectivity index (χ1v) is 6.47. The predicted octanol–water partition coefficient (Wildman–Crippen LogP) is 3.33. The number of aliphatic hydroxyl groups excluding tert-OH is 1. The summed E-state index contributed by atoms with van der Waals surface area (Å²) in [6.07, 6.45) is -0.808. The Morgan fingerprint density at radius 3 is 2.45 bits per heavy atom. The summed E-state index contributed by atoms with van der Waals surface area (Å²) in [5.74, 6) is 0.742. The first-order chi connectivity index (χ1) is 9.31. The van der Waals surface area contributed by atoms with Crippen molar-refractivity contribution in [3.8, 4) is 11.5 Å². The van der Waals surface area contributed by atoms with Crippen molar-refractivity contribution in [2.75, 3.05) is 0 Å². The third-order valence-corrected chi connectivity index (χ3v) is 3.40. The first-order valence-electron chi connectivity index (χ1n) is 6.47. The Kier molecular flexibility index (Phi) is 3.81. The molecular formula is C15H19FN2O2. The van der Waals surface area contributed by atoms with Gasteiger partial charge in [0.2, 0.25) is 0 Å². The van der Waals surface area contributed by atoms with Gasteiger partial charge in [-0.25, -0.2) is 4.39 Å². The van der Waals surface area contributed by atoms with E-state index in [4.69, 9.17) is 4.74 Å². The van der Waals surface area contributed by atoms with Crippen molar-refractivity contribution in [3.63, 3.8) is 0 Å². The fourth-order valence-electron chi connectivity index (χ4n) is 2.10. The van der Waals surface area contributed by atoms with Crippen molar-refractivity contribution < 1.29 is 14.2 Å². The van der Waals surface area contributed by atoms with Gasteiger partial charge in [-0.2, -0.15) is 5.10 Å². The van der Waals surface area contributed by atoms with Gasteiger partial charge < -0.3 is 9.84 Å². The van der Waals surface area contributed by atoms with Crippen molar-refractivity contribution >= 4 is 0 Å². The van der Waals surface area contributed by atoms with Gasteiger partial charge in [-0.3, -0.25) is 4.68 Å². The second-order valence-electron chi connectivity index (χ2n) is 5.04. The summed E-state index contributed by atoms with van der Waals surface area (Å²) < 4.78 is 21.2. The Morgan fingerprint density at radius 1 is 1.30 bits per heavy atom. The molecule has 108 valence electrons. The number of halogens is 1. The van der Waals surface area contributed by atoms with Crippen molar-refractivity contribution in [1.29, 1.82) is 0 Å². The molecule has 0 amide bonds. The Balaban J connectivity index is 2.50. The maximum Gasteiger partial charge on any atom is 0.171 e. The van der Waals surface area contributed by atoms with Crippen LogP contribution in [0.3, 0.4) is 0 Å². The van der Waals surface area contributed by atoms with Crippen LogP contribution >= 0.6 is 0 Å². The van der Waals surface area contributed by atoms with Crippen LogP contribution in [0.2, 0.25) is 0 Å². The highest BCUT2D eigenvalue weighted by molar-refractivity contribution is 5.44. The summed E-state index contributed by atoms with van der Waals surface area (Å²) in [5.41, 5.74) is 2.53. The third kappa shape index (κ3) is 2.54. The molecule has 1 aromatic heterocycles. The van der Waals surface area contributed by atoms with Crippen LogP contribution in [0.5, 0.6) is 11.5 Å². The van der Waals surface area contributed by atoms with Crippen LogP contribution in [-0.4, -0.2) is 14.9 Å². The molecular weight excluding hydrogens is 259 g/mol. The molecule has 1 aromatic carbocycles. The highest BCUT2D eigenvalue weighted by atomic mass is 19.1. The number of rotatable bonds is 3. The summed E-state index contributed by atoms with van der Waals surface area (Å²) in [6.45, 7) is 6.99. The fourth-order valence-corrected chi connectivity index (χ4v) is 2.10. The van der Waals surface area contributed by atoms with E-state index in [0.29, 0.717) is 22.6 Å². The zero-order chi connectivity index (χ0) is 15.0. The van der Waals surface area contributed by atoms with E-state index >= 15 is 0 Å². The standard InChI is InChI=1S/C15H19FN2O2/c1-8-6-14(12(11(4)19)7-13(8)16)20-15-9(2)17-18(5)10(15)3/h6-7,11,19H,1-5H3. The highest BCUT2D eigenvalue weighted by Gasteiger charge is 2.17. The molecule has 0 bridgehead atoms. The molecule has 0 aliphatic rings. The zero-order valence-corrected chi connectivity index (χ0v) is 12.4. The number of hydrogen-bond acceptors (Lipinski definition) is 3. The second kappa shape index (κ2) is 5.25. The van der Waals surface area contributed by atoms with Crippen molar-refractivity contribution in [2.24, 2.45) is 7.05 Å². The molecule has 20 heavy (non-hydrogen) atoms. The van der Waals surface area contributed by atoms with Crippen LogP contribution in [0.1, 0.15) is 35.5 Å². The number of ether oxygens (including phenoxy) is 1. The molecule has 1 N–H and O–H groups in total. The average Bonchev–Trinajstić information content (AvgIpc) is 2.60. The normalized spacial score (nSPS) is 12.6. The summed E-state index contributed by atoms with van der Waals surface area (Å²) in [6, 6.07) is 2.92. The van der Waals surface area contributed by atoms with Crippen LogP contribution in [-0.2, 0) is 7.05 Å². The SMILES string of the molecule is Cc1cc(Oc2c(C)nn(C)c2C)c(C(C)O)cc1F. The van der Waals surface area contributed by atoms with Gasteiger partial charge in [0, 0.05) is 12.6 Å². The van der Waals surface area contributed by atoms with Gasteiger partial charge in [-0.1, -0.05) is 0 Å². The summed E-state index contributed by atoms with van der Waals surface area (Å²) >= 11 is 0. The molecule has 0 fully saturated rings. The molecule has 1 atom stereocenters. The molecule has 0 aliphatic carbocycles. The number of aryl methyl sites for hydroxylation is 3. The van der Waals surface area contributed by atoms with Crippen LogP contribution in [0.4, 0.5) is 4.39 Å². The molecule has 0 aliphatic heterocycles. The van der Waals surface area contributed by atoms with Gasteiger partial charge in [-0.05, 0) is 45.4 Å². The minimum absolute atomic E-state index is 0.354. The van der Waals surface area contributed by atoms with Gasteiger partial charge in [0.1, 0.15) is 17.3 Å². The number of nitrogens with zero attached hydrogens (tertiary/aromatic N) is 2. The summed E-state index contributed by atoms with van der Waals surface area (Å²) in [7, 11) is 1.83. The molecule has 0 saturated carbocycles. The molecule has 0 saturated heterocycles. The maximum absolute atomic E-state index is 13.6. The molecule has 0 radical (unpaired) electrons. The lowest BCUT2D eigenvalue weighted by Crippen LogP contribution is -2.00. The lowest BCUT2D eigenvalue weighted by molar-refractivity contribution is 0.195. The van der Waals surface area contributed by atoms with E-state index in [0.717, 1.165) is 11.4 Å². The Bertz CT molecular complexity index is 648. The average molecular weight is 278 g/mol. The summed E-state index contributed by atoms with van der Waals surface area (Å²) in [4.78, 5) is 0. The number of hydrogen-bond donors (Lipinski definition) is 1. The van der Waals surface area contributed by atoms with Crippen LogP contribution in [0.25, 0.3) is 0 Å². The van der Waals surface area contributed by atoms with Gasteiger partial charge in [0.25, 0.3) is 0 Å². The molecule has 2 rings (SSSR count). The second-order valence-corrected chi connectivity index (χ2v) is 5.04. The van der Waals surface area contributed by atoms with Crippen molar-refractivity contribution in [1.82, 2.24) is 9.78 Å². The fraction of sp³-hybridized carbons (Fsp3) is 0.400. The first kappa shape index (κ1) is 14.5. The lowest BCUT2D eigenvalue weighted by atomic mass is 10.1. The Morgan fingerprint density at radius 2 is 1.95 bits per heavy atom. The minimum atomic E-state index is -0.808. The van der Waals surface area contributed by atoms with Crippen LogP contribution in [0.15, 0.2) is 12.1 Å². The third-order valence-electron chi connectivity index (χ3n) is 3.40. The van der Waals surface area contributed by atoms with E-state index < -0.39 is 6.10 Å². The van der Waals surface area contributed by atoms with Gasteiger partial charge in [-0.15, -0.1) is 0 Å². The molecule has 1 unspecified atom stereocenters. The van der Waals surface area contributed by atoms with Gasteiger partial charge in [0.05, 0.1) is 11.8 Å². The van der Waals surface area contributed by atoms with Crippen molar-refractivity contribution in [2.45, 2.75) is 33.8 Å². The van der Waals surface area contributed by atoms with Gasteiger partial charge >= 0.3 is 0 Å². The van der Waals surface area contributed by atoms with Crippen LogP contribution < -0.4 is 4.74 Å². The van der Waals surface area contributed by atoms with E-state index in [1.54, 1.807) is 24.6 Å². The molecule has 2 aromatic rings. The largest absolute Gasteiger partial charge is 0.453 e. The van der Waals surface area contributed by atoms with E-state index in [-0.39, 0.29) is 5.82 Å². The smallest absolute Gasteiger partial charge is 0.171 e. The highest BCUT2D eigenvalue weighted by Crippen LogP contribution is 2.34. The zero-order valence-electron chi connectivity index (χ0n) is 12.4. The molecule has 0 spiro atoms. The Labute approximate surface area is 117 Å². The predicted molar refractivity (Wildman–Crippen MR) is 74.5 cm³/mol. The minimum Gasteiger partial charge on any atom is -0.453 e. The Hall–Kier alpha value is -1.88. The molecule has 5 heteroatoms. The molecule has 1 heterocycles. The van der Waals surface area contributed by atoms with Crippen molar-refractivity contribution in [3.05, 3.63) is 40.5 Å². The number of benzene rings is 1. The van der Waals surface area contributed by atoms with E-state index in [1.807, 2.05) is 20.9 Å².